The molecule has 2 aromatic carbocycles. The Morgan fingerprint density at radius 2 is 1.71 bits per heavy atom. The monoisotopic (exact) mass is 411 g/mol. The van der Waals surface area contributed by atoms with Gasteiger partial charge in [0.25, 0.3) is 0 Å². The molecule has 0 radical (unpaired) electrons. The number of fused-ring (bicyclic) bond motifs is 1. The molecule has 3 rings (SSSR count). The molecule has 0 unspecified atom stereocenters. The zero-order chi connectivity index (χ0) is 20.5. The summed E-state index contributed by atoms with van der Waals surface area (Å²) in [6.45, 7) is 0. The van der Waals surface area contributed by atoms with Gasteiger partial charge in [0, 0.05) is 5.56 Å². The molecule has 0 saturated heterocycles. The van der Waals surface area contributed by atoms with Crippen LogP contribution in [0.25, 0.3) is 20.8 Å². The standard InChI is InChI=1S/C18H15F2NO6S/c1-24-10-4-5-11-14(8-10)28-16(21-11)9-6-12(25-2)15(13(7-9)26-3)27-18(19,20)17(22)23/h4-8H,1-3H3,(H,22,23). The Labute approximate surface area is 162 Å². The number of carboxylic acids is 1. The van der Waals surface area contributed by atoms with Gasteiger partial charge in [0.1, 0.15) is 10.8 Å². The average molecular weight is 411 g/mol. The van der Waals surface area contributed by atoms with E-state index in [2.05, 4.69) is 9.72 Å². The van der Waals surface area contributed by atoms with Gasteiger partial charge in [-0.05, 0) is 30.3 Å². The normalized spacial score (nSPS) is 11.3. The summed E-state index contributed by atoms with van der Waals surface area (Å²) in [6.07, 6.45) is -4.45. The largest absolute Gasteiger partial charge is 0.502 e. The van der Waals surface area contributed by atoms with Crippen molar-refractivity contribution in [3.63, 3.8) is 0 Å². The molecule has 0 amide bonds. The SMILES string of the molecule is COc1ccc2nc(-c3cc(OC)c(OC(F)(F)C(=O)O)c(OC)c3)sc2c1. The maximum Gasteiger partial charge on any atom is 0.502 e. The average Bonchev–Trinajstić information content (AvgIpc) is 3.10. The van der Waals surface area contributed by atoms with Gasteiger partial charge in [0.2, 0.25) is 5.75 Å². The lowest BCUT2D eigenvalue weighted by Gasteiger charge is -2.18. The van der Waals surface area contributed by atoms with E-state index in [4.69, 9.17) is 19.3 Å². The minimum Gasteiger partial charge on any atom is -0.497 e. The van der Waals surface area contributed by atoms with Crippen LogP contribution < -0.4 is 18.9 Å². The van der Waals surface area contributed by atoms with Gasteiger partial charge in [-0.3, -0.25) is 0 Å². The van der Waals surface area contributed by atoms with E-state index in [1.165, 1.54) is 37.7 Å². The summed E-state index contributed by atoms with van der Waals surface area (Å²) in [4.78, 5) is 15.2. The second kappa shape index (κ2) is 7.47. The summed E-state index contributed by atoms with van der Waals surface area (Å²) in [6, 6.07) is 8.25. The Hall–Kier alpha value is -3.14. The van der Waals surface area contributed by atoms with E-state index >= 15 is 0 Å². The number of carboxylic acid groups (broad SMARTS) is 1. The number of hydrogen-bond acceptors (Lipinski definition) is 7. The fraction of sp³-hybridized carbons (Fsp3) is 0.222. The summed E-state index contributed by atoms with van der Waals surface area (Å²) in [7, 11) is 4.05. The lowest BCUT2D eigenvalue weighted by Crippen LogP contribution is -2.35. The van der Waals surface area contributed by atoms with Crippen molar-refractivity contribution in [2.75, 3.05) is 21.3 Å². The van der Waals surface area contributed by atoms with Gasteiger partial charge < -0.3 is 24.1 Å². The third kappa shape index (κ3) is 3.63. The summed E-state index contributed by atoms with van der Waals surface area (Å²) in [5.41, 5.74) is 1.26. The predicted octanol–water partition coefficient (Wildman–Crippen LogP) is 4.05. The van der Waals surface area contributed by atoms with Crippen LogP contribution >= 0.6 is 11.3 Å². The third-order valence-electron chi connectivity index (χ3n) is 3.78. The number of nitrogens with zero attached hydrogens (tertiary/aromatic N) is 1. The van der Waals surface area contributed by atoms with Gasteiger partial charge in [-0.1, -0.05) is 0 Å². The summed E-state index contributed by atoms with van der Waals surface area (Å²) in [5.74, 6) is -2.51. The molecular formula is C18H15F2NO6S. The van der Waals surface area contributed by atoms with Gasteiger partial charge >= 0.3 is 12.1 Å². The van der Waals surface area contributed by atoms with Gasteiger partial charge in [-0.15, -0.1) is 11.3 Å². The van der Waals surface area contributed by atoms with Crippen LogP contribution in [0.3, 0.4) is 0 Å². The summed E-state index contributed by atoms with van der Waals surface area (Å²) < 4.78 is 47.7. The second-order valence-electron chi connectivity index (χ2n) is 5.49. The van der Waals surface area contributed by atoms with E-state index in [9.17, 15) is 13.6 Å². The van der Waals surface area contributed by atoms with Gasteiger partial charge in [-0.2, -0.15) is 8.78 Å². The first-order chi connectivity index (χ1) is 13.3. The molecule has 0 aliphatic rings. The van der Waals surface area contributed by atoms with Crippen LogP contribution in [0.2, 0.25) is 0 Å². The number of methoxy groups -OCH3 is 3. The van der Waals surface area contributed by atoms with E-state index in [0.29, 0.717) is 16.3 Å². The molecule has 0 spiro atoms. The van der Waals surface area contributed by atoms with Crippen LogP contribution in [0.15, 0.2) is 30.3 Å². The number of ether oxygens (including phenoxy) is 4. The Bertz CT molecular complexity index is 1010. The summed E-state index contributed by atoms with van der Waals surface area (Å²) in [5, 5.41) is 9.19. The highest BCUT2D eigenvalue weighted by Crippen LogP contribution is 2.45. The van der Waals surface area contributed by atoms with E-state index in [1.807, 2.05) is 6.07 Å². The van der Waals surface area contributed by atoms with Crippen molar-refractivity contribution in [1.82, 2.24) is 4.98 Å². The molecular weight excluding hydrogens is 396 g/mol. The number of aromatic nitrogens is 1. The molecule has 28 heavy (non-hydrogen) atoms. The highest BCUT2D eigenvalue weighted by Gasteiger charge is 2.44. The highest BCUT2D eigenvalue weighted by molar-refractivity contribution is 7.21. The van der Waals surface area contributed by atoms with Gasteiger partial charge in [-0.25, -0.2) is 9.78 Å². The minimum atomic E-state index is -4.45. The van der Waals surface area contributed by atoms with E-state index in [-0.39, 0.29) is 11.5 Å². The van der Waals surface area contributed by atoms with Crippen molar-refractivity contribution < 1.29 is 37.6 Å². The highest BCUT2D eigenvalue weighted by atomic mass is 32.1. The molecule has 0 bridgehead atoms. The fourth-order valence-corrected chi connectivity index (χ4v) is 3.41. The predicted molar refractivity (Wildman–Crippen MR) is 97.9 cm³/mol. The van der Waals surface area contributed by atoms with Crippen molar-refractivity contribution in [3.8, 4) is 33.6 Å². The van der Waals surface area contributed by atoms with Crippen LogP contribution in [-0.2, 0) is 4.79 Å². The number of rotatable bonds is 7. The lowest BCUT2D eigenvalue weighted by atomic mass is 10.2. The molecule has 1 aromatic heterocycles. The number of carbonyl (C=O) groups is 1. The van der Waals surface area contributed by atoms with Crippen LogP contribution in [0.4, 0.5) is 8.78 Å². The zero-order valence-electron chi connectivity index (χ0n) is 15.0. The molecule has 0 fully saturated rings. The number of aliphatic carboxylic acids is 1. The van der Waals surface area contributed by atoms with Gasteiger partial charge in [0.05, 0.1) is 31.5 Å². The van der Waals surface area contributed by atoms with E-state index < -0.39 is 17.8 Å². The first-order valence-corrected chi connectivity index (χ1v) is 8.62. The molecule has 0 aliphatic carbocycles. The van der Waals surface area contributed by atoms with Crippen molar-refractivity contribution >= 4 is 27.5 Å². The van der Waals surface area contributed by atoms with Crippen LogP contribution in [-0.4, -0.2) is 43.5 Å². The number of hydrogen-bond donors (Lipinski definition) is 1. The minimum absolute atomic E-state index is 0.118. The van der Waals surface area contributed by atoms with Crippen LogP contribution in [0, 0.1) is 0 Å². The molecule has 0 atom stereocenters. The number of alkyl halides is 2. The molecule has 1 heterocycles. The Kier molecular flexibility index (Phi) is 5.23. The zero-order valence-corrected chi connectivity index (χ0v) is 15.8. The summed E-state index contributed by atoms with van der Waals surface area (Å²) >= 11 is 1.36. The molecule has 1 N–H and O–H groups in total. The van der Waals surface area contributed by atoms with Crippen LogP contribution in [0.5, 0.6) is 23.0 Å². The third-order valence-corrected chi connectivity index (χ3v) is 4.85. The first kappa shape index (κ1) is 19.6. The van der Waals surface area contributed by atoms with Crippen LogP contribution in [0.1, 0.15) is 0 Å². The quantitative estimate of drug-likeness (QED) is 0.628. The maximum atomic E-state index is 13.5. The van der Waals surface area contributed by atoms with Crippen molar-refractivity contribution in [2.45, 2.75) is 6.11 Å². The molecule has 3 aromatic rings. The molecule has 0 aliphatic heterocycles. The first-order valence-electron chi connectivity index (χ1n) is 7.80. The topological polar surface area (TPSA) is 87.1 Å². The van der Waals surface area contributed by atoms with E-state index in [0.717, 1.165) is 10.2 Å². The van der Waals surface area contributed by atoms with Crippen molar-refractivity contribution in [3.05, 3.63) is 30.3 Å². The Morgan fingerprint density at radius 3 is 2.25 bits per heavy atom. The number of benzene rings is 2. The number of thiazole rings is 1. The molecule has 148 valence electrons. The molecule has 7 nitrogen and oxygen atoms in total. The smallest absolute Gasteiger partial charge is 0.497 e. The Balaban J connectivity index is 2.09. The van der Waals surface area contributed by atoms with Crippen molar-refractivity contribution in [2.24, 2.45) is 0 Å². The maximum absolute atomic E-state index is 13.5. The van der Waals surface area contributed by atoms with E-state index in [1.54, 1.807) is 19.2 Å². The second-order valence-corrected chi connectivity index (χ2v) is 6.52. The van der Waals surface area contributed by atoms with Gasteiger partial charge in [0.15, 0.2) is 11.5 Å². The van der Waals surface area contributed by atoms with Crippen molar-refractivity contribution in [1.29, 1.82) is 0 Å². The fourth-order valence-electron chi connectivity index (χ4n) is 2.43. The molecule has 0 saturated carbocycles. The number of halogens is 2. The lowest BCUT2D eigenvalue weighted by molar-refractivity contribution is -0.211. The molecule has 10 heteroatoms. The Morgan fingerprint density at radius 1 is 1.07 bits per heavy atom.